The average Bonchev–Trinajstić information content (AvgIpc) is 2.49. The van der Waals surface area contributed by atoms with E-state index in [-0.39, 0.29) is 41.9 Å². The summed E-state index contributed by atoms with van der Waals surface area (Å²) in [5.74, 6) is 0. The molecule has 0 saturated carbocycles. The Kier molecular flexibility index (Phi) is 8.82. The fourth-order valence-corrected chi connectivity index (χ4v) is 1.84. The second kappa shape index (κ2) is 9.48. The minimum atomic E-state index is 0. The van der Waals surface area contributed by atoms with Gasteiger partial charge in [-0.2, -0.15) is 0 Å². The Balaban J connectivity index is 0.00000133. The molecule has 0 aliphatic rings. The van der Waals surface area contributed by atoms with Gasteiger partial charge in [0.05, 0.1) is 17.1 Å². The zero-order valence-electron chi connectivity index (χ0n) is 10.8. The third-order valence-corrected chi connectivity index (χ3v) is 2.66. The number of rotatable bonds is 2. The van der Waals surface area contributed by atoms with E-state index in [1.165, 1.54) is 0 Å². The monoisotopic (exact) mass is 359 g/mol. The Labute approximate surface area is 146 Å². The number of pyridine rings is 3. The molecule has 0 bridgehead atoms. The molecule has 3 rings (SSSR count). The number of aromatic nitrogens is 3. The number of hydrogen-bond donors (Lipinski definition) is 0. The molecule has 21 heavy (non-hydrogen) atoms. The van der Waals surface area contributed by atoms with Crippen LogP contribution in [0.25, 0.3) is 22.6 Å². The quantitative estimate of drug-likeness (QED) is 0.464. The SMILES string of the molecule is [Cl-].[Cl-].[Fe+2].c1ccc(-c2cccnc2-c2ccccn2)nc1. The van der Waals surface area contributed by atoms with Crippen molar-refractivity contribution in [3.8, 4) is 22.6 Å². The predicted molar refractivity (Wildman–Crippen MR) is 70.7 cm³/mol. The van der Waals surface area contributed by atoms with Gasteiger partial charge in [-0.15, -0.1) is 0 Å². The van der Waals surface area contributed by atoms with Crippen molar-refractivity contribution in [3.63, 3.8) is 0 Å². The Hall–Kier alpha value is -1.45. The molecule has 0 saturated heterocycles. The summed E-state index contributed by atoms with van der Waals surface area (Å²) in [6.45, 7) is 0. The van der Waals surface area contributed by atoms with Crippen molar-refractivity contribution in [3.05, 3.63) is 67.1 Å². The maximum Gasteiger partial charge on any atom is 2.00 e. The van der Waals surface area contributed by atoms with Crippen LogP contribution in [0.5, 0.6) is 0 Å². The minimum Gasteiger partial charge on any atom is -1.00 e. The molecule has 0 aliphatic carbocycles. The second-order valence-corrected chi connectivity index (χ2v) is 3.83. The number of hydrogen-bond acceptors (Lipinski definition) is 3. The fraction of sp³-hybridized carbons (Fsp3) is 0. The van der Waals surface area contributed by atoms with Crippen molar-refractivity contribution in [2.45, 2.75) is 0 Å². The Morgan fingerprint density at radius 2 is 1.14 bits per heavy atom. The first-order valence-corrected chi connectivity index (χ1v) is 5.73. The summed E-state index contributed by atoms with van der Waals surface area (Å²) in [7, 11) is 0. The Morgan fingerprint density at radius 1 is 0.571 bits per heavy atom. The van der Waals surface area contributed by atoms with E-state index >= 15 is 0 Å². The molecule has 3 aromatic rings. The fourth-order valence-electron chi connectivity index (χ4n) is 1.84. The summed E-state index contributed by atoms with van der Waals surface area (Å²) >= 11 is 0. The van der Waals surface area contributed by atoms with Crippen molar-refractivity contribution in [2.75, 3.05) is 0 Å². The molecule has 3 nitrogen and oxygen atoms in total. The maximum atomic E-state index is 4.42. The molecule has 0 aromatic carbocycles. The normalized spacial score (nSPS) is 8.76. The van der Waals surface area contributed by atoms with Crippen molar-refractivity contribution in [1.82, 2.24) is 15.0 Å². The molecule has 108 valence electrons. The predicted octanol–water partition coefficient (Wildman–Crippen LogP) is -2.79. The van der Waals surface area contributed by atoms with Crippen LogP contribution in [0, 0.1) is 0 Å². The van der Waals surface area contributed by atoms with Crippen LogP contribution in [0.1, 0.15) is 0 Å². The van der Waals surface area contributed by atoms with E-state index in [4.69, 9.17) is 0 Å². The van der Waals surface area contributed by atoms with Crippen LogP contribution < -0.4 is 24.8 Å². The van der Waals surface area contributed by atoms with Gasteiger partial charge in [0.2, 0.25) is 0 Å². The van der Waals surface area contributed by atoms with Gasteiger partial charge in [0.25, 0.3) is 0 Å². The number of halogens is 2. The van der Waals surface area contributed by atoms with E-state index < -0.39 is 0 Å². The van der Waals surface area contributed by atoms with Crippen LogP contribution in [0.2, 0.25) is 0 Å². The van der Waals surface area contributed by atoms with Crippen LogP contribution in [0.3, 0.4) is 0 Å². The van der Waals surface area contributed by atoms with E-state index in [0.29, 0.717) is 0 Å². The molecule has 3 heterocycles. The first kappa shape index (κ1) is 19.5. The van der Waals surface area contributed by atoms with Crippen LogP contribution >= 0.6 is 0 Å². The van der Waals surface area contributed by atoms with Gasteiger partial charge in [0, 0.05) is 24.2 Å². The third kappa shape index (κ3) is 4.51. The van der Waals surface area contributed by atoms with E-state index in [2.05, 4.69) is 15.0 Å². The zero-order chi connectivity index (χ0) is 12.2. The molecule has 0 atom stereocenters. The first-order chi connectivity index (χ1) is 8.95. The van der Waals surface area contributed by atoms with E-state index in [1.807, 2.05) is 48.5 Å². The molecule has 0 fully saturated rings. The standard InChI is InChI=1S/C15H11N3.2ClH.Fe/c1-3-9-16-13(7-1)12-6-5-11-18-15(12)14-8-2-4-10-17-14;;;/h1-11H;2*1H;/q;;;+2/p-2. The molecule has 3 aromatic heterocycles. The van der Waals surface area contributed by atoms with E-state index in [1.54, 1.807) is 18.6 Å². The smallest absolute Gasteiger partial charge is 1.00 e. The summed E-state index contributed by atoms with van der Waals surface area (Å²) in [6.07, 6.45) is 5.33. The molecular formula is C15H11Cl2FeN3. The largest absolute Gasteiger partial charge is 2.00 e. The average molecular weight is 360 g/mol. The van der Waals surface area contributed by atoms with E-state index in [9.17, 15) is 0 Å². The van der Waals surface area contributed by atoms with Gasteiger partial charge in [-0.1, -0.05) is 12.1 Å². The molecule has 0 aliphatic heterocycles. The minimum absolute atomic E-state index is 0. The van der Waals surface area contributed by atoms with Crippen molar-refractivity contribution in [2.24, 2.45) is 0 Å². The van der Waals surface area contributed by atoms with Gasteiger partial charge in [-0.05, 0) is 36.4 Å². The summed E-state index contributed by atoms with van der Waals surface area (Å²) in [6, 6.07) is 15.6. The molecule has 0 N–H and O–H groups in total. The van der Waals surface area contributed by atoms with Crippen molar-refractivity contribution >= 4 is 0 Å². The second-order valence-electron chi connectivity index (χ2n) is 3.83. The van der Waals surface area contributed by atoms with Gasteiger partial charge in [0.1, 0.15) is 0 Å². The Bertz CT molecular complexity index is 593. The van der Waals surface area contributed by atoms with Gasteiger partial charge in [-0.25, -0.2) is 0 Å². The zero-order valence-corrected chi connectivity index (χ0v) is 13.4. The van der Waals surface area contributed by atoms with Crippen LogP contribution in [0.15, 0.2) is 67.1 Å². The summed E-state index contributed by atoms with van der Waals surface area (Å²) in [5.41, 5.74) is 3.62. The van der Waals surface area contributed by atoms with Gasteiger partial charge in [-0.3, -0.25) is 15.0 Å². The van der Waals surface area contributed by atoms with Gasteiger partial charge >= 0.3 is 17.1 Å². The van der Waals surface area contributed by atoms with Crippen LogP contribution in [-0.2, 0) is 17.1 Å². The molecular weight excluding hydrogens is 349 g/mol. The Morgan fingerprint density at radius 3 is 1.71 bits per heavy atom. The van der Waals surface area contributed by atoms with Crippen molar-refractivity contribution < 1.29 is 41.9 Å². The van der Waals surface area contributed by atoms with Gasteiger partial charge < -0.3 is 24.8 Å². The summed E-state index contributed by atoms with van der Waals surface area (Å²) < 4.78 is 0. The third-order valence-electron chi connectivity index (χ3n) is 2.66. The molecule has 0 spiro atoms. The molecule has 0 amide bonds. The number of nitrogens with zero attached hydrogens (tertiary/aromatic N) is 3. The summed E-state index contributed by atoms with van der Waals surface area (Å²) in [4.78, 5) is 13.1. The molecule has 6 heteroatoms. The van der Waals surface area contributed by atoms with Crippen LogP contribution in [-0.4, -0.2) is 15.0 Å². The maximum absolute atomic E-state index is 4.42. The van der Waals surface area contributed by atoms with Crippen LogP contribution in [0.4, 0.5) is 0 Å². The summed E-state index contributed by atoms with van der Waals surface area (Å²) in [5, 5.41) is 0. The topological polar surface area (TPSA) is 38.7 Å². The molecule has 0 radical (unpaired) electrons. The first-order valence-electron chi connectivity index (χ1n) is 5.73. The van der Waals surface area contributed by atoms with Gasteiger partial charge in [0.15, 0.2) is 0 Å². The van der Waals surface area contributed by atoms with E-state index in [0.717, 1.165) is 22.6 Å². The molecule has 0 unspecified atom stereocenters. The van der Waals surface area contributed by atoms with Crippen molar-refractivity contribution in [1.29, 1.82) is 0 Å².